The van der Waals surface area contributed by atoms with E-state index in [1.165, 1.54) is 7.11 Å². The second-order valence-electron chi connectivity index (χ2n) is 0.710. The van der Waals surface area contributed by atoms with Gasteiger partial charge in [-0.1, -0.05) is 15.9 Å². The van der Waals surface area contributed by atoms with Crippen LogP contribution >= 0.6 is 28.3 Å². The van der Waals surface area contributed by atoms with Gasteiger partial charge in [-0.25, -0.2) is 0 Å². The van der Waals surface area contributed by atoms with Gasteiger partial charge in [0.15, 0.2) is 0 Å². The first-order chi connectivity index (χ1) is 2.81. The Morgan fingerprint density at radius 1 is 1.86 bits per heavy atom. The zero-order valence-electron chi connectivity index (χ0n) is 3.81. The Labute approximate surface area is 56.8 Å². The summed E-state index contributed by atoms with van der Waals surface area (Å²) < 4.78 is 4.21. The maximum absolute atomic E-state index is 9.91. The number of halogens is 2. The van der Waals surface area contributed by atoms with Gasteiger partial charge >= 0.3 is 5.97 Å². The second kappa shape index (κ2) is 6.24. The van der Waals surface area contributed by atoms with Crippen LogP contribution in [0.3, 0.4) is 0 Å². The van der Waals surface area contributed by atoms with Crippen LogP contribution in [0.25, 0.3) is 0 Å². The predicted molar refractivity (Wildman–Crippen MR) is 33.1 cm³/mol. The average Bonchev–Trinajstić information content (AvgIpc) is 1.65. The summed E-state index contributed by atoms with van der Waals surface area (Å²) in [5.74, 6) is -0.241. The zero-order valence-corrected chi connectivity index (χ0v) is 6.21. The number of ether oxygens (including phenoxy) is 1. The Hall–Kier alpha value is 0.240. The smallest absolute Gasteiger partial charge is 0.316 e. The Bertz CT molecular complexity index is 50.9. The molecule has 0 aromatic rings. The van der Waals surface area contributed by atoms with E-state index in [2.05, 4.69) is 20.7 Å². The average molecular weight is 189 g/mol. The lowest BCUT2D eigenvalue weighted by Gasteiger charge is -1.86. The minimum atomic E-state index is -0.241. The summed E-state index contributed by atoms with van der Waals surface area (Å²) in [6.07, 6.45) is 0. The quantitative estimate of drug-likeness (QED) is 0.454. The maximum atomic E-state index is 9.91. The molecule has 4 heteroatoms. The van der Waals surface area contributed by atoms with Crippen LogP contribution in [0.5, 0.6) is 0 Å². The van der Waals surface area contributed by atoms with E-state index < -0.39 is 0 Å². The number of rotatable bonds is 1. The van der Waals surface area contributed by atoms with E-state index in [0.29, 0.717) is 0 Å². The molecule has 0 spiro atoms. The highest BCUT2D eigenvalue weighted by Gasteiger charge is 1.89. The first-order valence-corrected chi connectivity index (χ1v) is 2.56. The van der Waals surface area contributed by atoms with E-state index in [1.807, 2.05) is 0 Å². The fourth-order valence-electron chi connectivity index (χ4n) is 0.0546. The maximum Gasteiger partial charge on any atom is 0.316 e. The van der Waals surface area contributed by atoms with Crippen LogP contribution in [0, 0.1) is 0 Å². The lowest BCUT2D eigenvalue weighted by molar-refractivity contribution is -0.137. The van der Waals surface area contributed by atoms with Gasteiger partial charge < -0.3 is 4.74 Å². The molecule has 0 unspecified atom stereocenters. The van der Waals surface area contributed by atoms with Crippen molar-refractivity contribution in [3.8, 4) is 0 Å². The number of carbonyl (C=O) groups excluding carboxylic acids is 1. The molecule has 2 nitrogen and oxygen atoms in total. The molecular formula is C3H6BrClO2. The molecule has 0 amide bonds. The molecule has 0 aliphatic rings. The molecule has 0 atom stereocenters. The van der Waals surface area contributed by atoms with E-state index in [1.54, 1.807) is 0 Å². The van der Waals surface area contributed by atoms with Gasteiger partial charge in [0.1, 0.15) is 5.33 Å². The Morgan fingerprint density at radius 2 is 2.29 bits per heavy atom. The molecule has 0 aromatic heterocycles. The number of carbonyl (C=O) groups is 1. The monoisotopic (exact) mass is 188 g/mol. The molecule has 0 rings (SSSR count). The van der Waals surface area contributed by atoms with Crippen LogP contribution in [-0.4, -0.2) is 18.4 Å². The normalized spacial score (nSPS) is 6.57. The van der Waals surface area contributed by atoms with E-state index in [-0.39, 0.29) is 23.7 Å². The van der Waals surface area contributed by atoms with Crippen LogP contribution in [0.4, 0.5) is 0 Å². The van der Waals surface area contributed by atoms with E-state index in [9.17, 15) is 4.79 Å². The zero-order chi connectivity index (χ0) is 4.99. The van der Waals surface area contributed by atoms with Gasteiger partial charge in [0.25, 0.3) is 0 Å². The van der Waals surface area contributed by atoms with Crippen LogP contribution in [0.15, 0.2) is 0 Å². The standard InChI is InChI=1S/C3H5BrO2.ClH/c1-6-3(5)2-4;/h2H2,1H3;1H. The van der Waals surface area contributed by atoms with Crippen molar-refractivity contribution in [2.45, 2.75) is 0 Å². The number of methoxy groups -OCH3 is 1. The minimum absolute atomic E-state index is 0. The van der Waals surface area contributed by atoms with Crippen LogP contribution in [0.1, 0.15) is 0 Å². The molecule has 0 aromatic carbocycles. The van der Waals surface area contributed by atoms with Gasteiger partial charge in [0.2, 0.25) is 0 Å². The summed E-state index contributed by atoms with van der Waals surface area (Å²) in [6.45, 7) is 0. The Kier molecular flexibility index (Phi) is 9.15. The molecule has 0 radical (unpaired) electrons. The van der Waals surface area contributed by atoms with E-state index in [0.717, 1.165) is 0 Å². The van der Waals surface area contributed by atoms with Crippen molar-refractivity contribution in [1.82, 2.24) is 0 Å². The third kappa shape index (κ3) is 6.24. The molecule has 0 N–H and O–H groups in total. The summed E-state index contributed by atoms with van der Waals surface area (Å²) >= 11 is 2.90. The fourth-order valence-corrected chi connectivity index (χ4v) is 0.283. The number of esters is 1. The first-order valence-electron chi connectivity index (χ1n) is 1.44. The van der Waals surface area contributed by atoms with Crippen molar-refractivity contribution in [3.63, 3.8) is 0 Å². The summed E-state index contributed by atoms with van der Waals surface area (Å²) in [5.41, 5.74) is 0. The van der Waals surface area contributed by atoms with Gasteiger partial charge in [0.05, 0.1) is 7.11 Å². The molecule has 44 valence electrons. The predicted octanol–water partition coefficient (Wildman–Crippen LogP) is 0.976. The third-order valence-electron chi connectivity index (χ3n) is 0.337. The van der Waals surface area contributed by atoms with Gasteiger partial charge in [-0.3, -0.25) is 4.79 Å². The molecule has 0 bridgehead atoms. The molecule has 0 aliphatic heterocycles. The summed E-state index contributed by atoms with van der Waals surface area (Å²) in [7, 11) is 1.35. The molecule has 0 saturated carbocycles. The van der Waals surface area contributed by atoms with E-state index >= 15 is 0 Å². The largest absolute Gasteiger partial charge is 0.468 e. The van der Waals surface area contributed by atoms with Gasteiger partial charge in [-0.15, -0.1) is 12.4 Å². The van der Waals surface area contributed by atoms with Gasteiger partial charge in [-0.2, -0.15) is 0 Å². The van der Waals surface area contributed by atoms with Crippen LogP contribution in [0.2, 0.25) is 0 Å². The van der Waals surface area contributed by atoms with Crippen molar-refractivity contribution in [1.29, 1.82) is 0 Å². The number of alkyl halides is 1. The van der Waals surface area contributed by atoms with Crippen molar-refractivity contribution in [2.24, 2.45) is 0 Å². The van der Waals surface area contributed by atoms with Gasteiger partial charge in [0, 0.05) is 0 Å². The number of hydrogen-bond donors (Lipinski definition) is 0. The van der Waals surface area contributed by atoms with Crippen molar-refractivity contribution < 1.29 is 9.53 Å². The SMILES string of the molecule is COC(=O)CBr.Cl. The Morgan fingerprint density at radius 3 is 2.29 bits per heavy atom. The first kappa shape index (κ1) is 10.3. The van der Waals surface area contributed by atoms with Crippen LogP contribution < -0.4 is 0 Å². The highest BCUT2D eigenvalue weighted by molar-refractivity contribution is 9.09. The highest BCUT2D eigenvalue weighted by atomic mass is 79.9. The van der Waals surface area contributed by atoms with Crippen molar-refractivity contribution in [3.05, 3.63) is 0 Å². The molecule has 0 saturated heterocycles. The lowest BCUT2D eigenvalue weighted by atomic mass is 10.8. The molecule has 0 fully saturated rings. The van der Waals surface area contributed by atoms with E-state index in [4.69, 9.17) is 0 Å². The molecule has 0 heterocycles. The minimum Gasteiger partial charge on any atom is -0.468 e. The molecule has 7 heavy (non-hydrogen) atoms. The molecule has 0 aliphatic carbocycles. The summed E-state index contributed by atoms with van der Waals surface area (Å²) in [4.78, 5) is 9.91. The second-order valence-corrected chi connectivity index (χ2v) is 1.27. The third-order valence-corrected chi connectivity index (χ3v) is 0.795. The lowest BCUT2D eigenvalue weighted by Crippen LogP contribution is -1.99. The fraction of sp³-hybridized carbons (Fsp3) is 0.667. The molecular weight excluding hydrogens is 183 g/mol. The van der Waals surface area contributed by atoms with Crippen molar-refractivity contribution >= 4 is 34.3 Å². The highest BCUT2D eigenvalue weighted by Crippen LogP contribution is 1.79. The summed E-state index contributed by atoms with van der Waals surface area (Å²) in [5, 5.41) is 0.281. The number of hydrogen-bond acceptors (Lipinski definition) is 2. The van der Waals surface area contributed by atoms with Crippen molar-refractivity contribution in [2.75, 3.05) is 12.4 Å². The topological polar surface area (TPSA) is 26.3 Å². The Balaban J connectivity index is 0. The van der Waals surface area contributed by atoms with Crippen LogP contribution in [-0.2, 0) is 9.53 Å². The summed E-state index contributed by atoms with van der Waals surface area (Å²) in [6, 6.07) is 0. The van der Waals surface area contributed by atoms with Gasteiger partial charge in [-0.05, 0) is 0 Å².